The van der Waals surface area contributed by atoms with E-state index < -0.39 is 0 Å². The number of fused-ring (bicyclic) bond motifs is 1. The van der Waals surface area contributed by atoms with Gasteiger partial charge in [-0.15, -0.1) is 0 Å². The van der Waals surface area contributed by atoms with Crippen LogP contribution in [0.3, 0.4) is 0 Å². The van der Waals surface area contributed by atoms with Crippen LogP contribution in [-0.2, 0) is 11.2 Å². The molecule has 1 aliphatic heterocycles. The number of hydrogen-bond acceptors (Lipinski definition) is 3. The first-order chi connectivity index (χ1) is 12.2. The topological polar surface area (TPSA) is 38.8 Å². The molecule has 4 rings (SSSR count). The molecule has 1 atom stereocenters. The minimum Gasteiger partial charge on any atom is -0.493 e. The summed E-state index contributed by atoms with van der Waals surface area (Å²) in [6.45, 7) is 0.747. The van der Waals surface area contributed by atoms with Crippen molar-refractivity contribution in [2.75, 3.05) is 20.8 Å². The second-order valence-corrected chi connectivity index (χ2v) is 6.78. The van der Waals surface area contributed by atoms with Gasteiger partial charge < -0.3 is 14.4 Å². The van der Waals surface area contributed by atoms with Gasteiger partial charge in [0.05, 0.1) is 20.3 Å². The molecular weight excluding hydrogens is 314 g/mol. The molecule has 4 nitrogen and oxygen atoms in total. The van der Waals surface area contributed by atoms with E-state index in [1.807, 2.05) is 24.3 Å². The van der Waals surface area contributed by atoms with Gasteiger partial charge in [-0.1, -0.05) is 30.3 Å². The highest BCUT2D eigenvalue weighted by molar-refractivity contribution is 5.82. The Hall–Kier alpha value is -2.49. The molecule has 0 aromatic heterocycles. The molecule has 0 bridgehead atoms. The minimum atomic E-state index is -0.0575. The standard InChI is InChI=1S/C21H23NO3/c1-24-18-12-16-10-11-22(21(23)15-8-9-15)20(14-6-4-3-5-7-14)17(16)13-19(18)25-2/h3-7,12-13,15,20H,8-11H2,1-2H3/t20-/m0/s1. The van der Waals surface area contributed by atoms with Crippen LogP contribution in [-0.4, -0.2) is 31.6 Å². The maximum absolute atomic E-state index is 12.9. The predicted molar refractivity (Wildman–Crippen MR) is 96.0 cm³/mol. The van der Waals surface area contributed by atoms with E-state index in [0.717, 1.165) is 42.7 Å². The predicted octanol–water partition coefficient (Wildman–Crippen LogP) is 3.59. The molecule has 0 radical (unpaired) electrons. The van der Waals surface area contributed by atoms with Crippen LogP contribution in [0.15, 0.2) is 42.5 Å². The summed E-state index contributed by atoms with van der Waals surface area (Å²) in [6, 6.07) is 14.3. The zero-order valence-electron chi connectivity index (χ0n) is 14.7. The lowest BCUT2D eigenvalue weighted by Crippen LogP contribution is -2.41. The fourth-order valence-electron chi connectivity index (χ4n) is 3.74. The molecule has 1 fully saturated rings. The molecule has 25 heavy (non-hydrogen) atoms. The molecular formula is C21H23NO3. The molecule has 0 saturated heterocycles. The van der Waals surface area contributed by atoms with E-state index in [1.165, 1.54) is 5.56 Å². The molecule has 2 aromatic carbocycles. The van der Waals surface area contributed by atoms with Gasteiger partial charge in [0.1, 0.15) is 0 Å². The Kier molecular flexibility index (Phi) is 4.12. The van der Waals surface area contributed by atoms with Crippen molar-refractivity contribution in [3.05, 3.63) is 59.2 Å². The van der Waals surface area contributed by atoms with Gasteiger partial charge >= 0.3 is 0 Å². The normalized spacial score (nSPS) is 19.3. The molecule has 1 amide bonds. The maximum Gasteiger partial charge on any atom is 0.226 e. The lowest BCUT2D eigenvalue weighted by molar-refractivity contribution is -0.134. The van der Waals surface area contributed by atoms with Crippen LogP contribution in [0.1, 0.15) is 35.6 Å². The largest absolute Gasteiger partial charge is 0.493 e. The van der Waals surface area contributed by atoms with E-state index in [2.05, 4.69) is 23.1 Å². The summed E-state index contributed by atoms with van der Waals surface area (Å²) >= 11 is 0. The van der Waals surface area contributed by atoms with E-state index in [1.54, 1.807) is 14.2 Å². The van der Waals surface area contributed by atoms with E-state index in [0.29, 0.717) is 5.75 Å². The summed E-state index contributed by atoms with van der Waals surface area (Å²) in [5, 5.41) is 0. The zero-order chi connectivity index (χ0) is 17.4. The summed E-state index contributed by atoms with van der Waals surface area (Å²) < 4.78 is 11.0. The Morgan fingerprint density at radius 2 is 1.72 bits per heavy atom. The Labute approximate surface area is 148 Å². The van der Waals surface area contributed by atoms with Gasteiger partial charge in [-0.25, -0.2) is 0 Å². The van der Waals surface area contributed by atoms with Crippen LogP contribution in [0.4, 0.5) is 0 Å². The minimum absolute atomic E-state index is 0.0575. The van der Waals surface area contributed by atoms with Crippen LogP contribution >= 0.6 is 0 Å². The first kappa shape index (κ1) is 16.0. The summed E-state index contributed by atoms with van der Waals surface area (Å²) in [4.78, 5) is 15.0. The highest BCUT2D eigenvalue weighted by Crippen LogP contribution is 2.43. The van der Waals surface area contributed by atoms with Crippen molar-refractivity contribution in [2.45, 2.75) is 25.3 Å². The first-order valence-electron chi connectivity index (χ1n) is 8.83. The van der Waals surface area contributed by atoms with E-state index in [4.69, 9.17) is 9.47 Å². The van der Waals surface area contributed by atoms with Crippen LogP contribution in [0.2, 0.25) is 0 Å². The molecule has 2 aromatic rings. The van der Waals surface area contributed by atoms with Crippen molar-refractivity contribution in [3.63, 3.8) is 0 Å². The van der Waals surface area contributed by atoms with Crippen LogP contribution in [0, 0.1) is 5.92 Å². The van der Waals surface area contributed by atoms with Crippen LogP contribution in [0.25, 0.3) is 0 Å². The fraction of sp³-hybridized carbons (Fsp3) is 0.381. The van der Waals surface area contributed by atoms with E-state index >= 15 is 0 Å². The lowest BCUT2D eigenvalue weighted by atomic mass is 9.87. The van der Waals surface area contributed by atoms with Crippen molar-refractivity contribution in [3.8, 4) is 11.5 Å². The van der Waals surface area contributed by atoms with Crippen molar-refractivity contribution in [1.82, 2.24) is 4.90 Å². The summed E-state index contributed by atoms with van der Waals surface area (Å²) in [7, 11) is 3.31. The molecule has 4 heteroatoms. The van der Waals surface area contributed by atoms with Gasteiger partial charge in [-0.3, -0.25) is 4.79 Å². The third-order valence-corrected chi connectivity index (χ3v) is 5.20. The first-order valence-corrected chi connectivity index (χ1v) is 8.83. The van der Waals surface area contributed by atoms with Gasteiger partial charge in [0, 0.05) is 12.5 Å². The highest BCUT2D eigenvalue weighted by Gasteiger charge is 2.39. The number of amides is 1. The average molecular weight is 337 g/mol. The molecule has 1 saturated carbocycles. The fourth-order valence-corrected chi connectivity index (χ4v) is 3.74. The smallest absolute Gasteiger partial charge is 0.226 e. The SMILES string of the molecule is COc1cc2c(cc1OC)[C@H](c1ccccc1)N(C(=O)C1CC1)CC2. The van der Waals surface area contributed by atoms with Gasteiger partial charge in [0.25, 0.3) is 0 Å². The van der Waals surface area contributed by atoms with Gasteiger partial charge in [-0.2, -0.15) is 0 Å². The monoisotopic (exact) mass is 337 g/mol. The molecule has 0 spiro atoms. The number of methoxy groups -OCH3 is 2. The molecule has 130 valence electrons. The van der Waals surface area contributed by atoms with Crippen molar-refractivity contribution < 1.29 is 14.3 Å². The van der Waals surface area contributed by atoms with Gasteiger partial charge in [0.15, 0.2) is 11.5 Å². The van der Waals surface area contributed by atoms with Gasteiger partial charge in [0.2, 0.25) is 5.91 Å². The van der Waals surface area contributed by atoms with Gasteiger partial charge in [-0.05, 0) is 48.1 Å². The molecule has 1 aliphatic carbocycles. The number of ether oxygens (including phenoxy) is 2. The Bertz CT molecular complexity index is 783. The third-order valence-electron chi connectivity index (χ3n) is 5.20. The summed E-state index contributed by atoms with van der Waals surface area (Å²) in [5.41, 5.74) is 3.51. The van der Waals surface area contributed by atoms with Crippen molar-refractivity contribution in [1.29, 1.82) is 0 Å². The van der Waals surface area contributed by atoms with E-state index in [9.17, 15) is 4.79 Å². The molecule has 0 unspecified atom stereocenters. The molecule has 2 aliphatic rings. The second-order valence-electron chi connectivity index (χ2n) is 6.78. The number of carbonyl (C=O) groups is 1. The zero-order valence-corrected chi connectivity index (χ0v) is 14.7. The molecule has 1 heterocycles. The molecule has 0 N–H and O–H groups in total. The van der Waals surface area contributed by atoms with Crippen molar-refractivity contribution >= 4 is 5.91 Å². The Morgan fingerprint density at radius 1 is 1.04 bits per heavy atom. The number of hydrogen-bond donors (Lipinski definition) is 0. The lowest BCUT2D eigenvalue weighted by Gasteiger charge is -2.38. The average Bonchev–Trinajstić information content (AvgIpc) is 3.51. The number of nitrogens with zero attached hydrogens (tertiary/aromatic N) is 1. The van der Waals surface area contributed by atoms with Crippen LogP contribution in [0.5, 0.6) is 11.5 Å². The summed E-state index contributed by atoms with van der Waals surface area (Å²) in [6.07, 6.45) is 2.89. The Morgan fingerprint density at radius 3 is 2.36 bits per heavy atom. The number of carbonyl (C=O) groups excluding carboxylic acids is 1. The number of benzene rings is 2. The Balaban J connectivity index is 1.83. The van der Waals surface area contributed by atoms with E-state index in [-0.39, 0.29) is 17.9 Å². The maximum atomic E-state index is 12.9. The van der Waals surface area contributed by atoms with Crippen molar-refractivity contribution in [2.24, 2.45) is 5.92 Å². The second kappa shape index (κ2) is 6.43. The quantitative estimate of drug-likeness (QED) is 0.856. The van der Waals surface area contributed by atoms with Crippen LogP contribution < -0.4 is 9.47 Å². The third kappa shape index (κ3) is 2.86. The summed E-state index contributed by atoms with van der Waals surface area (Å²) in [5.74, 6) is 1.96. The number of rotatable bonds is 4. The highest BCUT2D eigenvalue weighted by atomic mass is 16.5.